The van der Waals surface area contributed by atoms with Gasteiger partial charge in [-0.2, -0.15) is 0 Å². The predicted molar refractivity (Wildman–Crippen MR) is 58.6 cm³/mol. The highest BCUT2D eigenvalue weighted by Crippen LogP contribution is 2.32. The predicted octanol–water partition coefficient (Wildman–Crippen LogP) is 4.28. The molecule has 0 atom stereocenters. The number of benzene rings is 1. The SMILES string of the molecule is CSc1cc2cc(Cl)ccc2s1. The van der Waals surface area contributed by atoms with Crippen LogP contribution >= 0.6 is 34.7 Å². The lowest BCUT2D eigenvalue weighted by Gasteiger charge is -1.87. The van der Waals surface area contributed by atoms with Gasteiger partial charge in [-0.3, -0.25) is 0 Å². The highest BCUT2D eigenvalue weighted by Gasteiger charge is 2.00. The second kappa shape index (κ2) is 3.29. The van der Waals surface area contributed by atoms with Gasteiger partial charge in [-0.05, 0) is 35.9 Å². The van der Waals surface area contributed by atoms with Crippen molar-refractivity contribution < 1.29 is 0 Å². The molecule has 0 saturated heterocycles. The minimum absolute atomic E-state index is 0.813. The highest BCUT2D eigenvalue weighted by atomic mass is 35.5. The van der Waals surface area contributed by atoms with E-state index >= 15 is 0 Å². The molecular weight excluding hydrogens is 208 g/mol. The van der Waals surface area contributed by atoms with E-state index in [1.54, 1.807) is 11.8 Å². The van der Waals surface area contributed by atoms with Crippen LogP contribution in [0.2, 0.25) is 5.02 Å². The van der Waals surface area contributed by atoms with E-state index in [1.807, 2.05) is 23.5 Å². The standard InChI is InChI=1S/C9H7ClS2/c1-11-9-5-6-4-7(10)2-3-8(6)12-9/h2-5H,1H3. The van der Waals surface area contributed by atoms with Crippen LogP contribution in [0, 0.1) is 0 Å². The Kier molecular flexibility index (Phi) is 2.31. The molecule has 0 amide bonds. The van der Waals surface area contributed by atoms with Gasteiger partial charge in [0.1, 0.15) is 0 Å². The van der Waals surface area contributed by atoms with Crippen LogP contribution < -0.4 is 0 Å². The third kappa shape index (κ3) is 1.47. The fraction of sp³-hybridized carbons (Fsp3) is 0.111. The summed E-state index contributed by atoms with van der Waals surface area (Å²) in [5.41, 5.74) is 0. The Hall–Kier alpha value is -0.180. The van der Waals surface area contributed by atoms with Gasteiger partial charge in [-0.1, -0.05) is 11.6 Å². The third-order valence-corrected chi connectivity index (χ3v) is 4.07. The van der Waals surface area contributed by atoms with Crippen molar-refractivity contribution in [1.29, 1.82) is 0 Å². The van der Waals surface area contributed by atoms with Gasteiger partial charge in [-0.25, -0.2) is 0 Å². The van der Waals surface area contributed by atoms with Crippen LogP contribution in [0.3, 0.4) is 0 Å². The summed E-state index contributed by atoms with van der Waals surface area (Å²) < 4.78 is 2.65. The molecule has 0 fully saturated rings. The molecule has 0 unspecified atom stereocenters. The Balaban J connectivity index is 2.67. The average molecular weight is 215 g/mol. The van der Waals surface area contributed by atoms with Crippen molar-refractivity contribution in [3.63, 3.8) is 0 Å². The minimum Gasteiger partial charge on any atom is -0.129 e. The topological polar surface area (TPSA) is 0 Å². The summed E-state index contributed by atoms with van der Waals surface area (Å²) in [6.45, 7) is 0. The van der Waals surface area contributed by atoms with E-state index in [4.69, 9.17) is 11.6 Å². The van der Waals surface area contributed by atoms with Crippen LogP contribution in [0.15, 0.2) is 28.5 Å². The summed E-state index contributed by atoms with van der Waals surface area (Å²) in [6.07, 6.45) is 2.09. The number of hydrogen-bond acceptors (Lipinski definition) is 2. The first-order chi connectivity index (χ1) is 5.79. The molecule has 1 aromatic heterocycles. The smallest absolute Gasteiger partial charge is 0.0608 e. The molecule has 2 rings (SSSR count). The summed E-state index contributed by atoms with van der Waals surface area (Å²) in [5, 5.41) is 2.06. The molecule has 0 aliphatic heterocycles. The average Bonchev–Trinajstić information content (AvgIpc) is 2.46. The van der Waals surface area contributed by atoms with Crippen LogP contribution in [-0.4, -0.2) is 6.26 Å². The highest BCUT2D eigenvalue weighted by molar-refractivity contribution is 8.00. The van der Waals surface area contributed by atoms with Gasteiger partial charge in [0.15, 0.2) is 0 Å². The quantitative estimate of drug-likeness (QED) is 0.639. The molecule has 0 radical (unpaired) electrons. The Bertz CT molecular complexity index is 406. The van der Waals surface area contributed by atoms with Gasteiger partial charge < -0.3 is 0 Å². The van der Waals surface area contributed by atoms with Gasteiger partial charge in [0, 0.05) is 9.72 Å². The van der Waals surface area contributed by atoms with E-state index in [2.05, 4.69) is 18.4 Å². The maximum absolute atomic E-state index is 5.87. The second-order valence-electron chi connectivity index (χ2n) is 2.45. The molecule has 3 heteroatoms. The molecule has 0 nitrogen and oxygen atoms in total. The van der Waals surface area contributed by atoms with E-state index < -0.39 is 0 Å². The van der Waals surface area contributed by atoms with E-state index in [0.717, 1.165) is 5.02 Å². The van der Waals surface area contributed by atoms with Crippen molar-refractivity contribution in [3.8, 4) is 0 Å². The lowest BCUT2D eigenvalue weighted by Crippen LogP contribution is -1.61. The molecule has 62 valence electrons. The van der Waals surface area contributed by atoms with Crippen LogP contribution in [0.5, 0.6) is 0 Å². The van der Waals surface area contributed by atoms with Crippen LogP contribution in [0.1, 0.15) is 0 Å². The lowest BCUT2D eigenvalue weighted by atomic mass is 10.3. The number of thioether (sulfide) groups is 1. The van der Waals surface area contributed by atoms with E-state index in [-0.39, 0.29) is 0 Å². The van der Waals surface area contributed by atoms with Gasteiger partial charge in [0.2, 0.25) is 0 Å². The van der Waals surface area contributed by atoms with Gasteiger partial charge in [0.25, 0.3) is 0 Å². The van der Waals surface area contributed by atoms with Crippen molar-refractivity contribution in [3.05, 3.63) is 29.3 Å². The van der Waals surface area contributed by atoms with Crippen molar-refractivity contribution in [1.82, 2.24) is 0 Å². The number of fused-ring (bicyclic) bond motifs is 1. The summed E-state index contributed by atoms with van der Waals surface area (Å²) in [7, 11) is 0. The molecule has 2 aromatic rings. The maximum atomic E-state index is 5.87. The number of thiophene rings is 1. The van der Waals surface area contributed by atoms with Gasteiger partial charge >= 0.3 is 0 Å². The van der Waals surface area contributed by atoms with Gasteiger partial charge in [0.05, 0.1) is 4.21 Å². The molecule has 0 aliphatic carbocycles. The molecule has 0 aliphatic rings. The van der Waals surface area contributed by atoms with E-state index in [1.165, 1.54) is 14.3 Å². The first kappa shape index (κ1) is 8.42. The van der Waals surface area contributed by atoms with E-state index in [0.29, 0.717) is 0 Å². The maximum Gasteiger partial charge on any atom is 0.0608 e. The number of hydrogen-bond donors (Lipinski definition) is 0. The van der Waals surface area contributed by atoms with Crippen molar-refractivity contribution >= 4 is 44.8 Å². The van der Waals surface area contributed by atoms with Crippen molar-refractivity contribution in [2.75, 3.05) is 6.26 Å². The molecular formula is C9H7ClS2. The Morgan fingerprint density at radius 2 is 2.17 bits per heavy atom. The zero-order chi connectivity index (χ0) is 8.55. The summed E-state index contributed by atoms with van der Waals surface area (Å²) >= 11 is 9.46. The largest absolute Gasteiger partial charge is 0.129 e. The molecule has 1 aromatic carbocycles. The van der Waals surface area contributed by atoms with Crippen LogP contribution in [0.25, 0.3) is 10.1 Å². The van der Waals surface area contributed by atoms with Crippen LogP contribution in [-0.2, 0) is 0 Å². The fourth-order valence-corrected chi connectivity index (χ4v) is 2.89. The summed E-state index contributed by atoms with van der Waals surface area (Å²) in [5.74, 6) is 0. The lowest BCUT2D eigenvalue weighted by molar-refractivity contribution is 1.76. The van der Waals surface area contributed by atoms with Crippen molar-refractivity contribution in [2.45, 2.75) is 4.21 Å². The zero-order valence-electron chi connectivity index (χ0n) is 6.50. The Morgan fingerprint density at radius 3 is 2.92 bits per heavy atom. The zero-order valence-corrected chi connectivity index (χ0v) is 8.89. The van der Waals surface area contributed by atoms with Gasteiger partial charge in [-0.15, -0.1) is 23.1 Å². The fourth-order valence-electron chi connectivity index (χ4n) is 1.09. The molecule has 12 heavy (non-hydrogen) atoms. The summed E-state index contributed by atoms with van der Waals surface area (Å²) in [6, 6.07) is 8.19. The second-order valence-corrected chi connectivity index (χ2v) is 5.08. The third-order valence-electron chi connectivity index (χ3n) is 1.66. The number of rotatable bonds is 1. The number of halogens is 1. The molecule has 0 spiro atoms. The van der Waals surface area contributed by atoms with E-state index in [9.17, 15) is 0 Å². The Morgan fingerprint density at radius 1 is 1.33 bits per heavy atom. The summed E-state index contributed by atoms with van der Waals surface area (Å²) in [4.78, 5) is 0. The molecule has 0 bridgehead atoms. The molecule has 1 heterocycles. The minimum atomic E-state index is 0.813. The first-order valence-electron chi connectivity index (χ1n) is 3.52. The normalized spacial score (nSPS) is 10.8. The first-order valence-corrected chi connectivity index (χ1v) is 5.94. The molecule has 0 N–H and O–H groups in total. The van der Waals surface area contributed by atoms with Crippen LogP contribution in [0.4, 0.5) is 0 Å². The monoisotopic (exact) mass is 214 g/mol. The Labute approximate surface area is 84.5 Å². The molecule has 0 saturated carbocycles. The van der Waals surface area contributed by atoms with Crippen molar-refractivity contribution in [2.24, 2.45) is 0 Å².